The standard InChI is InChI=1S/C25H29NO2.ClH/c1-3-18-9-11-20(12-10-18)24(15-19-7-5-4-6-8-19)25(27)28-23-16-21-13-14-22(17-23)26(21)2;/h4-12,15,21-23H,3,13-14,16-17H2,1-2H3;1H/b24-15+;. The zero-order valence-corrected chi connectivity index (χ0v) is 18.0. The Labute approximate surface area is 180 Å². The summed E-state index contributed by atoms with van der Waals surface area (Å²) in [5.41, 5.74) is 3.85. The molecule has 2 saturated heterocycles. The van der Waals surface area contributed by atoms with Crippen molar-refractivity contribution in [1.29, 1.82) is 0 Å². The number of rotatable bonds is 5. The van der Waals surface area contributed by atoms with Gasteiger partial charge in [0.25, 0.3) is 0 Å². The van der Waals surface area contributed by atoms with Crippen molar-refractivity contribution in [3.63, 3.8) is 0 Å². The van der Waals surface area contributed by atoms with Crippen LogP contribution in [0.5, 0.6) is 0 Å². The van der Waals surface area contributed by atoms with Crippen molar-refractivity contribution in [1.82, 2.24) is 0 Å². The van der Waals surface area contributed by atoms with Crippen LogP contribution in [0.1, 0.15) is 49.3 Å². The first-order valence-corrected chi connectivity index (χ1v) is 10.5. The highest BCUT2D eigenvalue weighted by Gasteiger charge is 2.43. The highest BCUT2D eigenvalue weighted by molar-refractivity contribution is 6.21. The summed E-state index contributed by atoms with van der Waals surface area (Å²) in [5.74, 6) is -0.197. The highest BCUT2D eigenvalue weighted by Crippen LogP contribution is 2.27. The summed E-state index contributed by atoms with van der Waals surface area (Å²) in [4.78, 5) is 14.8. The van der Waals surface area contributed by atoms with E-state index in [0.29, 0.717) is 17.7 Å². The van der Waals surface area contributed by atoms with Crippen molar-refractivity contribution in [2.45, 2.75) is 57.2 Å². The molecule has 2 heterocycles. The predicted octanol–water partition coefficient (Wildman–Crippen LogP) is 0.545. The van der Waals surface area contributed by atoms with Crippen molar-refractivity contribution < 1.29 is 26.8 Å². The fraction of sp³-hybridized carbons (Fsp3) is 0.400. The van der Waals surface area contributed by atoms with Crippen molar-refractivity contribution in [3.05, 3.63) is 71.3 Å². The molecule has 2 aromatic rings. The van der Waals surface area contributed by atoms with Gasteiger partial charge in [0.2, 0.25) is 0 Å². The van der Waals surface area contributed by atoms with Gasteiger partial charge in [-0.25, -0.2) is 4.79 Å². The molecular formula is C25H30ClNO2. The molecule has 2 fully saturated rings. The minimum absolute atomic E-state index is 0. The number of halogens is 1. The van der Waals surface area contributed by atoms with Crippen LogP contribution in [0.25, 0.3) is 11.6 Å². The van der Waals surface area contributed by atoms with Gasteiger partial charge in [-0.3, -0.25) is 0 Å². The molecule has 1 N–H and O–H groups in total. The Bertz CT molecular complexity index is 833. The molecule has 29 heavy (non-hydrogen) atoms. The summed E-state index contributed by atoms with van der Waals surface area (Å²) >= 11 is 0. The Balaban J connectivity index is 0.00000240. The number of fused-ring (bicyclic) bond motifs is 2. The second kappa shape index (κ2) is 9.60. The summed E-state index contributed by atoms with van der Waals surface area (Å²) in [6, 6.07) is 19.6. The molecule has 4 heteroatoms. The van der Waals surface area contributed by atoms with Gasteiger partial charge in [-0.1, -0.05) is 61.5 Å². The van der Waals surface area contributed by atoms with Crippen LogP contribution in [-0.4, -0.2) is 31.2 Å². The molecule has 154 valence electrons. The second-order valence-electron chi connectivity index (χ2n) is 8.23. The van der Waals surface area contributed by atoms with Gasteiger partial charge in [0.15, 0.2) is 0 Å². The number of quaternary nitrogens is 1. The number of hydrogen-bond acceptors (Lipinski definition) is 2. The number of benzene rings is 2. The van der Waals surface area contributed by atoms with Gasteiger partial charge in [0.05, 0.1) is 24.7 Å². The number of esters is 1. The molecule has 0 saturated carbocycles. The number of carbonyl (C=O) groups excluding carboxylic acids is 1. The van der Waals surface area contributed by atoms with Crippen molar-refractivity contribution in [2.24, 2.45) is 0 Å². The lowest BCUT2D eigenvalue weighted by molar-refractivity contribution is -0.923. The van der Waals surface area contributed by atoms with Gasteiger partial charge >= 0.3 is 5.97 Å². The lowest BCUT2D eigenvalue weighted by atomic mass is 9.99. The summed E-state index contributed by atoms with van der Waals surface area (Å²) in [5, 5.41) is 0. The van der Waals surface area contributed by atoms with Crippen molar-refractivity contribution >= 4 is 17.6 Å². The van der Waals surface area contributed by atoms with Crippen LogP contribution in [0.3, 0.4) is 0 Å². The summed E-state index contributed by atoms with van der Waals surface area (Å²) in [6.07, 6.45) is 7.48. The van der Waals surface area contributed by atoms with E-state index in [1.54, 1.807) is 4.90 Å². The van der Waals surface area contributed by atoms with E-state index in [0.717, 1.165) is 30.4 Å². The molecule has 2 atom stereocenters. The number of nitrogens with one attached hydrogen (secondary N) is 1. The molecule has 0 radical (unpaired) electrons. The zero-order valence-electron chi connectivity index (χ0n) is 17.2. The molecule has 2 unspecified atom stereocenters. The van der Waals surface area contributed by atoms with Gasteiger partial charge in [-0.15, -0.1) is 0 Å². The smallest absolute Gasteiger partial charge is 0.339 e. The monoisotopic (exact) mass is 411 g/mol. The third-order valence-corrected chi connectivity index (χ3v) is 6.52. The average Bonchev–Trinajstić information content (AvgIpc) is 2.93. The van der Waals surface area contributed by atoms with Crippen molar-refractivity contribution in [2.75, 3.05) is 7.05 Å². The van der Waals surface area contributed by atoms with E-state index in [1.807, 2.05) is 48.5 Å². The largest absolute Gasteiger partial charge is 1.00 e. The van der Waals surface area contributed by atoms with E-state index in [2.05, 4.69) is 26.1 Å². The van der Waals surface area contributed by atoms with Crippen LogP contribution in [0, 0.1) is 0 Å². The van der Waals surface area contributed by atoms with E-state index in [9.17, 15) is 4.79 Å². The maximum atomic E-state index is 13.2. The second-order valence-corrected chi connectivity index (χ2v) is 8.23. The quantitative estimate of drug-likeness (QED) is 0.442. The van der Waals surface area contributed by atoms with Crippen LogP contribution < -0.4 is 17.3 Å². The van der Waals surface area contributed by atoms with Gasteiger partial charge in [-0.05, 0) is 29.2 Å². The van der Waals surface area contributed by atoms with E-state index in [-0.39, 0.29) is 24.5 Å². The SMILES string of the molecule is CCc1ccc(/C(=C\c2ccccc2)C(=O)OC2CC3CCC(C2)[NH+]3C)cc1.[Cl-]. The highest BCUT2D eigenvalue weighted by atomic mass is 35.5. The van der Waals surface area contributed by atoms with Crippen LogP contribution in [0.2, 0.25) is 0 Å². The molecule has 2 aliphatic heterocycles. The average molecular weight is 412 g/mol. The molecule has 4 rings (SSSR count). The molecule has 2 aliphatic rings. The Kier molecular flexibility index (Phi) is 7.15. The topological polar surface area (TPSA) is 30.7 Å². The summed E-state index contributed by atoms with van der Waals surface area (Å²) in [6.45, 7) is 2.14. The number of hydrogen-bond donors (Lipinski definition) is 1. The zero-order chi connectivity index (χ0) is 19.5. The Morgan fingerprint density at radius 2 is 1.66 bits per heavy atom. The molecular weight excluding hydrogens is 382 g/mol. The molecule has 3 nitrogen and oxygen atoms in total. The molecule has 2 bridgehead atoms. The minimum atomic E-state index is -0.197. The van der Waals surface area contributed by atoms with E-state index >= 15 is 0 Å². The first-order chi connectivity index (χ1) is 13.6. The lowest BCUT2D eigenvalue weighted by Crippen LogP contribution is -3.15. The predicted molar refractivity (Wildman–Crippen MR) is 113 cm³/mol. The fourth-order valence-electron chi connectivity index (χ4n) is 4.74. The summed E-state index contributed by atoms with van der Waals surface area (Å²) in [7, 11) is 2.29. The van der Waals surface area contributed by atoms with Crippen LogP contribution in [0.15, 0.2) is 54.6 Å². The van der Waals surface area contributed by atoms with E-state index < -0.39 is 0 Å². The Hall–Kier alpha value is -2.10. The third-order valence-electron chi connectivity index (χ3n) is 6.52. The summed E-state index contributed by atoms with van der Waals surface area (Å²) < 4.78 is 6.05. The molecule has 0 amide bonds. The van der Waals surface area contributed by atoms with Gasteiger partial charge in [0.1, 0.15) is 6.10 Å². The number of carbonyl (C=O) groups is 1. The van der Waals surface area contributed by atoms with Gasteiger partial charge < -0.3 is 22.0 Å². The fourth-order valence-corrected chi connectivity index (χ4v) is 4.74. The van der Waals surface area contributed by atoms with E-state index in [4.69, 9.17) is 4.74 Å². The Morgan fingerprint density at radius 1 is 1.03 bits per heavy atom. The van der Waals surface area contributed by atoms with Crippen LogP contribution >= 0.6 is 0 Å². The van der Waals surface area contributed by atoms with Crippen molar-refractivity contribution in [3.8, 4) is 0 Å². The van der Waals surface area contributed by atoms with Crippen LogP contribution in [0.4, 0.5) is 0 Å². The normalized spacial score (nSPS) is 25.9. The maximum Gasteiger partial charge on any atom is 0.339 e. The Morgan fingerprint density at radius 3 is 2.24 bits per heavy atom. The minimum Gasteiger partial charge on any atom is -1.00 e. The third kappa shape index (κ3) is 4.91. The number of aryl methyl sites for hydroxylation is 1. The van der Waals surface area contributed by atoms with Crippen LogP contribution in [-0.2, 0) is 16.0 Å². The number of piperidine rings is 1. The van der Waals surface area contributed by atoms with Gasteiger partial charge in [-0.2, -0.15) is 0 Å². The molecule has 0 aromatic heterocycles. The first kappa shape index (κ1) is 21.6. The maximum absolute atomic E-state index is 13.2. The van der Waals surface area contributed by atoms with Gasteiger partial charge in [0, 0.05) is 25.7 Å². The first-order valence-electron chi connectivity index (χ1n) is 10.5. The number of ether oxygens (including phenoxy) is 1. The lowest BCUT2D eigenvalue weighted by Gasteiger charge is -2.33. The van der Waals surface area contributed by atoms with E-state index in [1.165, 1.54) is 18.4 Å². The molecule has 2 aromatic carbocycles. The molecule has 0 aliphatic carbocycles. The molecule has 0 spiro atoms.